The second-order valence-electron chi connectivity index (χ2n) is 4.34. The Morgan fingerprint density at radius 1 is 1.50 bits per heavy atom. The first-order chi connectivity index (χ1) is 9.61. The summed E-state index contributed by atoms with van der Waals surface area (Å²) in [7, 11) is 0. The lowest BCUT2D eigenvalue weighted by atomic mass is 10.1. The van der Waals surface area contributed by atoms with Crippen LogP contribution in [0.25, 0.3) is 10.6 Å². The summed E-state index contributed by atoms with van der Waals surface area (Å²) in [5, 5.41) is 3.60. The Labute approximate surface area is 118 Å². The maximum atomic E-state index is 11.3. The van der Waals surface area contributed by atoms with Gasteiger partial charge in [0.05, 0.1) is 11.3 Å². The summed E-state index contributed by atoms with van der Waals surface area (Å²) in [5.74, 6) is 0.00633. The van der Waals surface area contributed by atoms with Gasteiger partial charge in [0.2, 0.25) is 5.91 Å². The van der Waals surface area contributed by atoms with E-state index in [0.29, 0.717) is 6.42 Å². The normalized spacial score (nSPS) is 12.9. The van der Waals surface area contributed by atoms with Gasteiger partial charge in [-0.3, -0.25) is 4.79 Å². The van der Waals surface area contributed by atoms with Crippen LogP contribution in [0.4, 0.5) is 10.5 Å². The number of carbonyl (C=O) groups is 2. The van der Waals surface area contributed by atoms with Crippen LogP contribution in [-0.2, 0) is 22.6 Å². The van der Waals surface area contributed by atoms with Crippen LogP contribution in [0.1, 0.15) is 10.4 Å². The molecule has 0 bridgehead atoms. The van der Waals surface area contributed by atoms with Crippen molar-refractivity contribution >= 4 is 29.0 Å². The van der Waals surface area contributed by atoms with E-state index in [-0.39, 0.29) is 12.5 Å². The second-order valence-corrected chi connectivity index (χ2v) is 5.45. The Morgan fingerprint density at radius 3 is 3.15 bits per heavy atom. The van der Waals surface area contributed by atoms with Crippen molar-refractivity contribution in [1.29, 1.82) is 0 Å². The molecule has 20 heavy (non-hydrogen) atoms. The van der Waals surface area contributed by atoms with Crippen LogP contribution in [0.2, 0.25) is 0 Å². The Balaban J connectivity index is 1.81. The predicted octanol–water partition coefficient (Wildman–Crippen LogP) is 1.90. The number of primary amides is 1. The van der Waals surface area contributed by atoms with Crippen molar-refractivity contribution in [3.63, 3.8) is 0 Å². The molecule has 0 unspecified atom stereocenters. The minimum absolute atomic E-state index is 0.00633. The van der Waals surface area contributed by atoms with Crippen LogP contribution in [0.5, 0.6) is 0 Å². The van der Waals surface area contributed by atoms with Crippen LogP contribution in [0, 0.1) is 0 Å². The molecule has 2 aromatic rings. The summed E-state index contributed by atoms with van der Waals surface area (Å²) >= 11 is 1.42. The average molecular weight is 289 g/mol. The molecule has 6 nitrogen and oxygen atoms in total. The van der Waals surface area contributed by atoms with Gasteiger partial charge in [-0.1, -0.05) is 0 Å². The summed E-state index contributed by atoms with van der Waals surface area (Å²) in [6, 6.07) is 5.73. The predicted molar refractivity (Wildman–Crippen MR) is 74.3 cm³/mol. The Bertz CT molecular complexity index is 696. The van der Waals surface area contributed by atoms with E-state index >= 15 is 0 Å². The Kier molecular flexibility index (Phi) is 3.11. The number of amides is 2. The van der Waals surface area contributed by atoms with E-state index in [1.165, 1.54) is 11.3 Å². The molecule has 3 N–H and O–H groups in total. The van der Waals surface area contributed by atoms with Crippen molar-refractivity contribution in [2.75, 3.05) is 5.32 Å². The van der Waals surface area contributed by atoms with Gasteiger partial charge in [-0.2, -0.15) is 0 Å². The molecular weight excluding hydrogens is 278 g/mol. The van der Waals surface area contributed by atoms with Gasteiger partial charge in [-0.25, -0.2) is 9.78 Å². The molecule has 0 fully saturated rings. The number of nitrogens with two attached hydrogens (primary N) is 1. The van der Waals surface area contributed by atoms with Crippen molar-refractivity contribution < 1.29 is 14.3 Å². The molecule has 0 aliphatic carbocycles. The highest BCUT2D eigenvalue weighted by molar-refractivity contribution is 7.15. The van der Waals surface area contributed by atoms with Gasteiger partial charge in [0.1, 0.15) is 11.6 Å². The Morgan fingerprint density at radius 2 is 2.35 bits per heavy atom. The number of benzene rings is 1. The molecule has 1 aliphatic rings. The maximum absolute atomic E-state index is 11.3. The van der Waals surface area contributed by atoms with Gasteiger partial charge in [0.25, 0.3) is 0 Å². The van der Waals surface area contributed by atoms with E-state index in [2.05, 4.69) is 10.3 Å². The number of fused-ring (bicyclic) bond motifs is 1. The molecule has 0 atom stereocenters. The first kappa shape index (κ1) is 12.6. The van der Waals surface area contributed by atoms with Crippen molar-refractivity contribution in [3.05, 3.63) is 34.8 Å². The number of rotatable bonds is 3. The average Bonchev–Trinajstić information content (AvgIpc) is 3.00. The van der Waals surface area contributed by atoms with E-state index in [1.807, 2.05) is 18.2 Å². The zero-order valence-corrected chi connectivity index (χ0v) is 11.2. The van der Waals surface area contributed by atoms with Crippen LogP contribution >= 0.6 is 11.3 Å². The Hall–Kier alpha value is -2.41. The fourth-order valence-corrected chi connectivity index (χ4v) is 2.83. The van der Waals surface area contributed by atoms with Crippen LogP contribution < -0.4 is 11.1 Å². The number of hydrogen-bond acceptors (Lipinski definition) is 5. The molecule has 1 aliphatic heterocycles. The summed E-state index contributed by atoms with van der Waals surface area (Å²) in [5.41, 5.74) is 7.68. The number of carbonyl (C=O) groups excluding carboxylic acids is 2. The first-order valence-electron chi connectivity index (χ1n) is 5.92. The van der Waals surface area contributed by atoms with Crippen LogP contribution in [-0.4, -0.2) is 17.0 Å². The smallest absolute Gasteiger partial charge is 0.404 e. The number of nitrogens with one attached hydrogen (secondary N) is 1. The van der Waals surface area contributed by atoms with E-state index in [4.69, 9.17) is 10.5 Å². The highest BCUT2D eigenvalue weighted by Gasteiger charge is 2.18. The molecule has 0 spiro atoms. The van der Waals surface area contributed by atoms with Crippen molar-refractivity contribution in [1.82, 2.24) is 4.98 Å². The standard InChI is InChI=1S/C13H11N3O3S/c14-13(18)19-6-9-5-15-12(20-9)7-1-2-10-8(3-7)4-11(17)16-10/h1-3,5H,4,6H2,(H2,14,18)(H,16,17). The zero-order valence-electron chi connectivity index (χ0n) is 10.4. The molecule has 1 aromatic heterocycles. The van der Waals surface area contributed by atoms with Crippen molar-refractivity contribution in [2.24, 2.45) is 5.73 Å². The van der Waals surface area contributed by atoms with Crippen molar-refractivity contribution in [3.8, 4) is 10.6 Å². The van der Waals surface area contributed by atoms with E-state index in [0.717, 1.165) is 26.7 Å². The number of hydrogen-bond donors (Lipinski definition) is 2. The van der Waals surface area contributed by atoms with E-state index in [1.54, 1.807) is 6.20 Å². The minimum Gasteiger partial charge on any atom is -0.444 e. The SMILES string of the molecule is NC(=O)OCc1cnc(-c2ccc3c(c2)CC(=O)N3)s1. The fourth-order valence-electron chi connectivity index (χ4n) is 2.01. The molecule has 0 saturated heterocycles. The molecule has 0 saturated carbocycles. The van der Waals surface area contributed by atoms with E-state index in [9.17, 15) is 9.59 Å². The monoisotopic (exact) mass is 289 g/mol. The lowest BCUT2D eigenvalue weighted by Gasteiger charge is -2.01. The molecular formula is C13H11N3O3S. The second kappa shape index (κ2) is 4.93. The van der Waals surface area contributed by atoms with Gasteiger partial charge < -0.3 is 15.8 Å². The topological polar surface area (TPSA) is 94.3 Å². The van der Waals surface area contributed by atoms with Gasteiger partial charge in [0.15, 0.2) is 0 Å². The highest BCUT2D eigenvalue weighted by Crippen LogP contribution is 2.31. The third kappa shape index (κ3) is 2.48. The molecule has 1 aromatic carbocycles. The molecule has 0 radical (unpaired) electrons. The number of ether oxygens (including phenoxy) is 1. The summed E-state index contributed by atoms with van der Waals surface area (Å²) in [6.07, 6.45) is 1.24. The minimum atomic E-state index is -0.804. The van der Waals surface area contributed by atoms with E-state index < -0.39 is 6.09 Å². The third-order valence-corrected chi connectivity index (χ3v) is 3.91. The summed E-state index contributed by atoms with van der Waals surface area (Å²) < 4.78 is 4.72. The maximum Gasteiger partial charge on any atom is 0.404 e. The number of nitrogens with zero attached hydrogens (tertiary/aromatic N) is 1. The van der Waals surface area contributed by atoms with Gasteiger partial charge in [0, 0.05) is 17.4 Å². The van der Waals surface area contributed by atoms with Crippen LogP contribution in [0.15, 0.2) is 24.4 Å². The van der Waals surface area contributed by atoms with Crippen molar-refractivity contribution in [2.45, 2.75) is 13.0 Å². The number of aromatic nitrogens is 1. The molecule has 2 amide bonds. The fraction of sp³-hybridized carbons (Fsp3) is 0.154. The molecule has 7 heteroatoms. The molecule has 2 heterocycles. The summed E-state index contributed by atoms with van der Waals surface area (Å²) in [6.45, 7) is 0.123. The first-order valence-corrected chi connectivity index (χ1v) is 6.73. The zero-order chi connectivity index (χ0) is 14.1. The lowest BCUT2D eigenvalue weighted by molar-refractivity contribution is -0.115. The molecule has 102 valence electrons. The largest absolute Gasteiger partial charge is 0.444 e. The molecule has 3 rings (SSSR count). The quantitative estimate of drug-likeness (QED) is 0.902. The van der Waals surface area contributed by atoms with Gasteiger partial charge in [-0.15, -0.1) is 11.3 Å². The summed E-state index contributed by atoms with van der Waals surface area (Å²) in [4.78, 5) is 27.0. The third-order valence-electron chi connectivity index (χ3n) is 2.89. The van der Waals surface area contributed by atoms with Gasteiger partial charge >= 0.3 is 6.09 Å². The van der Waals surface area contributed by atoms with Gasteiger partial charge in [-0.05, 0) is 23.8 Å². The van der Waals surface area contributed by atoms with Crippen LogP contribution in [0.3, 0.4) is 0 Å². The number of thiazole rings is 1. The highest BCUT2D eigenvalue weighted by atomic mass is 32.1. The lowest BCUT2D eigenvalue weighted by Crippen LogP contribution is -2.12. The number of anilines is 1.